The summed E-state index contributed by atoms with van der Waals surface area (Å²) < 4.78 is 25.6. The molecule has 2 fully saturated rings. The van der Waals surface area contributed by atoms with E-state index in [9.17, 15) is 14.0 Å². The van der Waals surface area contributed by atoms with Gasteiger partial charge in [0.05, 0.1) is 5.02 Å². The van der Waals surface area contributed by atoms with Gasteiger partial charge in [-0.1, -0.05) is 25.4 Å². The van der Waals surface area contributed by atoms with Crippen LogP contribution in [-0.2, 0) is 21.4 Å². The summed E-state index contributed by atoms with van der Waals surface area (Å²) in [6.45, 7) is 7.56. The second-order valence-corrected chi connectivity index (χ2v) is 12.5. The number of ether oxygens (including phenoxy) is 1. The number of likely N-dealkylation sites (tertiary alicyclic amines) is 1. The summed E-state index contributed by atoms with van der Waals surface area (Å²) in [6.07, 6.45) is 6.60. The first-order valence-corrected chi connectivity index (χ1v) is 15.5. The number of aromatic amines is 1. The van der Waals surface area contributed by atoms with E-state index in [1.165, 1.54) is 18.3 Å². The van der Waals surface area contributed by atoms with Gasteiger partial charge in [-0.2, -0.15) is 0 Å². The summed E-state index contributed by atoms with van der Waals surface area (Å²) in [6, 6.07) is 6.28. The molecule has 2 atom stereocenters. The molecule has 1 aromatic carbocycles. The zero-order valence-electron chi connectivity index (χ0n) is 24.6. The van der Waals surface area contributed by atoms with Crippen molar-refractivity contribution < 1.29 is 18.3 Å². The molecule has 1 amide bonds. The second-order valence-electron chi connectivity index (χ2n) is 12.1. The van der Waals surface area contributed by atoms with Gasteiger partial charge in [-0.05, 0) is 56.2 Å². The van der Waals surface area contributed by atoms with E-state index in [1.807, 2.05) is 4.90 Å². The number of furan rings is 1. The van der Waals surface area contributed by atoms with E-state index in [2.05, 4.69) is 23.7 Å². The van der Waals surface area contributed by atoms with E-state index in [1.54, 1.807) is 12.1 Å². The maximum atomic E-state index is 13.8. The molecule has 6 rings (SSSR count). The van der Waals surface area contributed by atoms with Gasteiger partial charge in [0.25, 0.3) is 5.56 Å². The monoisotopic (exact) mass is 609 g/mol. The second kappa shape index (κ2) is 12.2. The Labute approximate surface area is 254 Å². The van der Waals surface area contributed by atoms with Gasteiger partial charge in [0.1, 0.15) is 29.3 Å². The largest absolute Gasteiger partial charge is 0.450 e. The van der Waals surface area contributed by atoms with E-state index in [0.717, 1.165) is 61.3 Å². The van der Waals surface area contributed by atoms with Crippen LogP contribution >= 0.6 is 11.6 Å². The third-order valence-electron chi connectivity index (χ3n) is 9.19. The van der Waals surface area contributed by atoms with E-state index in [-0.39, 0.29) is 35.2 Å². The van der Waals surface area contributed by atoms with Gasteiger partial charge in [-0.15, -0.1) is 0 Å². The lowest BCUT2D eigenvalue weighted by molar-refractivity contribution is -0.139. The van der Waals surface area contributed by atoms with Gasteiger partial charge in [0.2, 0.25) is 5.91 Å². The third-order valence-corrected chi connectivity index (χ3v) is 9.41. The molecule has 3 aromatic heterocycles. The highest BCUT2D eigenvalue weighted by atomic mass is 35.5. The van der Waals surface area contributed by atoms with Crippen LogP contribution in [0.1, 0.15) is 57.3 Å². The maximum Gasteiger partial charge on any atom is 0.251 e. The number of unbranched alkanes of at least 4 members (excludes halogenated alkanes) is 1. The number of amides is 1. The number of piperidine rings is 1. The Hall–Kier alpha value is -3.50. The Morgan fingerprint density at radius 1 is 1.21 bits per heavy atom. The Kier molecular flexibility index (Phi) is 8.42. The van der Waals surface area contributed by atoms with Crippen LogP contribution in [0.15, 0.2) is 39.7 Å². The van der Waals surface area contributed by atoms with Crippen LogP contribution in [0.25, 0.3) is 22.1 Å². The van der Waals surface area contributed by atoms with Crippen molar-refractivity contribution in [1.82, 2.24) is 19.9 Å². The Morgan fingerprint density at radius 3 is 2.81 bits per heavy atom. The maximum absolute atomic E-state index is 13.8. The van der Waals surface area contributed by atoms with Gasteiger partial charge in [0.15, 0.2) is 11.4 Å². The Balaban J connectivity index is 1.02. The molecular formula is C32H37ClFN5O4. The topological polar surface area (TPSA) is 105 Å². The number of carbonyl (C=O) groups is 1. The van der Waals surface area contributed by atoms with Crippen molar-refractivity contribution in [3.63, 3.8) is 0 Å². The number of carbonyl (C=O) groups excluding carboxylic acids is 1. The van der Waals surface area contributed by atoms with Gasteiger partial charge in [0, 0.05) is 67.8 Å². The molecule has 0 bridgehead atoms. The van der Waals surface area contributed by atoms with Crippen molar-refractivity contribution in [2.24, 2.45) is 5.92 Å². The number of aromatic nitrogens is 3. The van der Waals surface area contributed by atoms with Gasteiger partial charge in [-0.25, -0.2) is 14.4 Å². The number of anilines is 1. The van der Waals surface area contributed by atoms with Gasteiger partial charge >= 0.3 is 0 Å². The number of aryl methyl sites for hydroxylation is 1. The first-order chi connectivity index (χ1) is 20.7. The summed E-state index contributed by atoms with van der Waals surface area (Å²) in [5, 5.41) is 1.29. The van der Waals surface area contributed by atoms with Crippen molar-refractivity contribution in [2.75, 3.05) is 44.3 Å². The number of benzene rings is 1. The minimum atomic E-state index is -0.366. The first-order valence-electron chi connectivity index (χ1n) is 15.1. The summed E-state index contributed by atoms with van der Waals surface area (Å²) in [7, 11) is 0. The third kappa shape index (κ3) is 5.99. The van der Waals surface area contributed by atoms with Crippen LogP contribution in [0.4, 0.5) is 10.2 Å². The molecule has 228 valence electrons. The van der Waals surface area contributed by atoms with Gasteiger partial charge in [-0.3, -0.25) is 9.59 Å². The quantitative estimate of drug-likeness (QED) is 0.246. The van der Waals surface area contributed by atoms with Crippen molar-refractivity contribution in [3.8, 4) is 0 Å². The molecule has 2 aliphatic rings. The number of nitrogens with one attached hydrogen (secondary N) is 1. The summed E-state index contributed by atoms with van der Waals surface area (Å²) >= 11 is 6.16. The van der Waals surface area contributed by atoms with E-state index < -0.39 is 0 Å². The van der Waals surface area contributed by atoms with Crippen LogP contribution in [0, 0.1) is 11.7 Å². The average Bonchev–Trinajstić information content (AvgIpc) is 3.65. The predicted molar refractivity (Wildman–Crippen MR) is 164 cm³/mol. The highest BCUT2D eigenvalue weighted by molar-refractivity contribution is 6.30. The fourth-order valence-electron chi connectivity index (χ4n) is 6.38. The lowest BCUT2D eigenvalue weighted by Gasteiger charge is -2.44. The molecule has 11 heteroatoms. The lowest BCUT2D eigenvalue weighted by atomic mass is 9.68. The van der Waals surface area contributed by atoms with Crippen LogP contribution in [0.5, 0.6) is 0 Å². The minimum absolute atomic E-state index is 0.0281. The number of pyridine rings is 1. The number of nitrogens with zero attached hydrogens (tertiary/aromatic N) is 4. The number of hydrogen-bond donors (Lipinski definition) is 1. The lowest BCUT2D eigenvalue weighted by Crippen LogP contribution is -2.51. The fraction of sp³-hybridized carbons (Fsp3) is 0.500. The van der Waals surface area contributed by atoms with Gasteiger partial charge < -0.3 is 23.9 Å². The normalized spacial score (nSPS) is 20.9. The SMILES string of the molecule is CC1CN(C(=O)COCCCCc2nc(N3CCCC3)c3oc4cc(F)ccc4c3n2)CCC1(C)c1cc(Cl)c[nH]c1=O. The summed E-state index contributed by atoms with van der Waals surface area (Å²) in [4.78, 5) is 41.8. The van der Waals surface area contributed by atoms with Crippen molar-refractivity contribution in [3.05, 3.63) is 63.0 Å². The zero-order chi connectivity index (χ0) is 30.1. The number of halogens is 2. The Bertz CT molecular complexity index is 1700. The fourth-order valence-corrected chi connectivity index (χ4v) is 6.55. The molecule has 2 aliphatic heterocycles. The summed E-state index contributed by atoms with van der Waals surface area (Å²) in [5.41, 5.74) is 1.98. The van der Waals surface area contributed by atoms with Crippen molar-refractivity contribution >= 4 is 45.4 Å². The molecule has 0 radical (unpaired) electrons. The average molecular weight is 610 g/mol. The molecule has 5 heterocycles. The molecule has 2 saturated heterocycles. The van der Waals surface area contributed by atoms with Crippen LogP contribution < -0.4 is 10.5 Å². The van der Waals surface area contributed by atoms with E-state index >= 15 is 0 Å². The standard InChI is InChI=1S/C32H37ClFN5O4/c1-20-18-39(13-10-32(20,2)24-15-21(33)17-35-31(24)41)27(40)19-42-14-6-3-7-26-36-28-23-9-8-22(34)16-25(23)43-29(28)30(37-26)38-11-4-5-12-38/h8-9,15-17,20H,3-7,10-14,18-19H2,1-2H3,(H,35,41). The van der Waals surface area contributed by atoms with Crippen LogP contribution in [0.3, 0.4) is 0 Å². The zero-order valence-corrected chi connectivity index (χ0v) is 25.4. The van der Waals surface area contributed by atoms with E-state index in [4.69, 9.17) is 30.7 Å². The van der Waals surface area contributed by atoms with E-state index in [0.29, 0.717) is 54.3 Å². The van der Waals surface area contributed by atoms with Crippen LogP contribution in [0.2, 0.25) is 5.02 Å². The molecule has 43 heavy (non-hydrogen) atoms. The molecule has 4 aromatic rings. The molecule has 0 aliphatic carbocycles. The highest BCUT2D eigenvalue weighted by Gasteiger charge is 2.41. The predicted octanol–water partition coefficient (Wildman–Crippen LogP) is 5.62. The number of hydrogen-bond acceptors (Lipinski definition) is 7. The minimum Gasteiger partial charge on any atom is -0.450 e. The molecule has 0 spiro atoms. The number of rotatable bonds is 9. The Morgan fingerprint density at radius 2 is 2.02 bits per heavy atom. The first kappa shape index (κ1) is 29.6. The molecule has 1 N–H and O–H groups in total. The molecule has 0 saturated carbocycles. The smallest absolute Gasteiger partial charge is 0.251 e. The molecule has 9 nitrogen and oxygen atoms in total. The van der Waals surface area contributed by atoms with Crippen molar-refractivity contribution in [2.45, 2.75) is 57.8 Å². The molecule has 2 unspecified atom stereocenters. The highest BCUT2D eigenvalue weighted by Crippen LogP contribution is 2.38. The summed E-state index contributed by atoms with van der Waals surface area (Å²) in [5.74, 6) is 1.20. The van der Waals surface area contributed by atoms with Crippen molar-refractivity contribution in [1.29, 1.82) is 0 Å². The molecular weight excluding hydrogens is 573 g/mol. The number of fused-ring (bicyclic) bond motifs is 3. The van der Waals surface area contributed by atoms with Crippen LogP contribution in [-0.4, -0.2) is 65.2 Å². The number of H-pyrrole nitrogens is 1.